The van der Waals surface area contributed by atoms with Crippen molar-refractivity contribution in [3.05, 3.63) is 29.1 Å². The molecule has 0 aliphatic carbocycles. The Bertz CT molecular complexity index is 527. The molecule has 7 heteroatoms. The topological polar surface area (TPSA) is 65.5 Å². The molecule has 1 aromatic rings. The van der Waals surface area contributed by atoms with Crippen LogP contribution in [0.5, 0.6) is 0 Å². The summed E-state index contributed by atoms with van der Waals surface area (Å²) in [5.74, 6) is -1.17. The molecular formula is C15H23BrN2O4. The van der Waals surface area contributed by atoms with Crippen molar-refractivity contribution in [2.45, 2.75) is 20.4 Å². The molecule has 22 heavy (non-hydrogen) atoms. The molecule has 1 heterocycles. The number of pyridine rings is 1. The second kappa shape index (κ2) is 8.85. The standard InChI is InChI=1S/C15H23N2O4.BrH/c1-6-20-14(18)12-8-11(10-17(3,4)5)9-16-13(12)15(19)21-7-2;/h8-9H,6-7,10H2,1-5H3;1H/q+1;/p-1. The van der Waals surface area contributed by atoms with E-state index in [0.29, 0.717) is 11.0 Å². The fourth-order valence-corrected chi connectivity index (χ4v) is 1.87. The summed E-state index contributed by atoms with van der Waals surface area (Å²) < 4.78 is 10.6. The SMILES string of the molecule is CCOC(=O)c1cc(C[N+](C)(C)C)cnc1C(=O)OCC.[Br-]. The molecule has 0 atom stereocenters. The van der Waals surface area contributed by atoms with Gasteiger partial charge in [0.25, 0.3) is 0 Å². The monoisotopic (exact) mass is 374 g/mol. The van der Waals surface area contributed by atoms with Gasteiger partial charge in [0.1, 0.15) is 6.54 Å². The van der Waals surface area contributed by atoms with Crippen LogP contribution in [-0.2, 0) is 16.0 Å². The third-order valence-electron chi connectivity index (χ3n) is 2.57. The second-order valence-corrected chi connectivity index (χ2v) is 5.63. The van der Waals surface area contributed by atoms with E-state index in [9.17, 15) is 9.59 Å². The summed E-state index contributed by atoms with van der Waals surface area (Å²) in [4.78, 5) is 28.0. The molecule has 0 saturated heterocycles. The third kappa shape index (κ3) is 6.11. The third-order valence-corrected chi connectivity index (χ3v) is 2.57. The van der Waals surface area contributed by atoms with Crippen molar-refractivity contribution in [1.82, 2.24) is 4.98 Å². The number of carbonyl (C=O) groups is 2. The van der Waals surface area contributed by atoms with Crippen molar-refractivity contribution in [2.75, 3.05) is 34.4 Å². The van der Waals surface area contributed by atoms with Crippen LogP contribution in [0, 0.1) is 0 Å². The minimum atomic E-state index is -0.614. The zero-order valence-electron chi connectivity index (χ0n) is 13.7. The van der Waals surface area contributed by atoms with E-state index >= 15 is 0 Å². The first-order valence-corrected chi connectivity index (χ1v) is 6.92. The number of rotatable bonds is 6. The molecule has 0 aliphatic rings. The minimum Gasteiger partial charge on any atom is -1.00 e. The number of hydrogen-bond donors (Lipinski definition) is 0. The maximum Gasteiger partial charge on any atom is 0.357 e. The van der Waals surface area contributed by atoms with E-state index in [-0.39, 0.29) is 41.5 Å². The Balaban J connectivity index is 0.00000441. The second-order valence-electron chi connectivity index (χ2n) is 5.63. The van der Waals surface area contributed by atoms with Gasteiger partial charge in [-0.15, -0.1) is 0 Å². The van der Waals surface area contributed by atoms with E-state index in [0.717, 1.165) is 5.56 Å². The Morgan fingerprint density at radius 2 is 1.64 bits per heavy atom. The van der Waals surface area contributed by atoms with Crippen molar-refractivity contribution in [3.8, 4) is 0 Å². The summed E-state index contributed by atoms with van der Waals surface area (Å²) in [6.07, 6.45) is 1.60. The van der Waals surface area contributed by atoms with Crippen LogP contribution in [0.25, 0.3) is 0 Å². The van der Waals surface area contributed by atoms with Gasteiger partial charge in [-0.1, -0.05) is 0 Å². The highest BCUT2D eigenvalue weighted by atomic mass is 79.9. The van der Waals surface area contributed by atoms with Gasteiger partial charge in [-0.3, -0.25) is 0 Å². The van der Waals surface area contributed by atoms with Crippen molar-refractivity contribution in [2.24, 2.45) is 0 Å². The van der Waals surface area contributed by atoms with Crippen molar-refractivity contribution < 1.29 is 40.5 Å². The molecule has 0 unspecified atom stereocenters. The number of hydrogen-bond acceptors (Lipinski definition) is 5. The molecule has 1 aromatic heterocycles. The molecule has 0 saturated carbocycles. The highest BCUT2D eigenvalue weighted by molar-refractivity contribution is 6.01. The Hall–Kier alpha value is -1.47. The van der Waals surface area contributed by atoms with Crippen molar-refractivity contribution in [3.63, 3.8) is 0 Å². The first-order chi connectivity index (χ1) is 9.78. The summed E-state index contributed by atoms with van der Waals surface area (Å²) in [6.45, 7) is 4.56. The lowest BCUT2D eigenvalue weighted by atomic mass is 10.1. The predicted octanol–water partition coefficient (Wildman–Crippen LogP) is -1.35. The molecule has 0 spiro atoms. The van der Waals surface area contributed by atoms with Gasteiger partial charge in [0.2, 0.25) is 0 Å². The van der Waals surface area contributed by atoms with Crippen LogP contribution in [-0.4, -0.2) is 55.8 Å². The Kier molecular flexibility index (Phi) is 8.26. The van der Waals surface area contributed by atoms with Crippen LogP contribution in [0.2, 0.25) is 0 Å². The Morgan fingerprint density at radius 3 is 2.14 bits per heavy atom. The van der Waals surface area contributed by atoms with E-state index in [2.05, 4.69) is 4.98 Å². The Labute approximate surface area is 141 Å². The molecule has 0 aromatic carbocycles. The molecule has 0 bridgehead atoms. The number of aromatic nitrogens is 1. The summed E-state index contributed by atoms with van der Waals surface area (Å²) in [5.41, 5.74) is 1.01. The number of esters is 2. The normalized spacial score (nSPS) is 10.6. The minimum absolute atomic E-state index is 0. The molecule has 1 rings (SSSR count). The highest BCUT2D eigenvalue weighted by Crippen LogP contribution is 2.15. The zero-order valence-corrected chi connectivity index (χ0v) is 15.3. The van der Waals surface area contributed by atoms with E-state index in [1.165, 1.54) is 0 Å². The first kappa shape index (κ1) is 20.5. The van der Waals surface area contributed by atoms with Crippen LogP contribution < -0.4 is 17.0 Å². The van der Waals surface area contributed by atoms with E-state index in [1.807, 2.05) is 21.1 Å². The lowest BCUT2D eigenvalue weighted by Gasteiger charge is -2.24. The number of halogens is 1. The average molecular weight is 375 g/mol. The average Bonchev–Trinajstić information content (AvgIpc) is 2.37. The molecule has 0 N–H and O–H groups in total. The van der Waals surface area contributed by atoms with Gasteiger partial charge in [-0.25, -0.2) is 14.6 Å². The van der Waals surface area contributed by atoms with Crippen molar-refractivity contribution in [1.29, 1.82) is 0 Å². The molecule has 0 radical (unpaired) electrons. The van der Waals surface area contributed by atoms with Gasteiger partial charge in [0.05, 0.1) is 39.9 Å². The summed E-state index contributed by atoms with van der Waals surface area (Å²) >= 11 is 0. The molecule has 124 valence electrons. The first-order valence-electron chi connectivity index (χ1n) is 6.92. The number of quaternary nitrogens is 1. The number of ether oxygens (including phenoxy) is 2. The zero-order chi connectivity index (χ0) is 16.0. The van der Waals surface area contributed by atoms with Gasteiger partial charge >= 0.3 is 11.9 Å². The van der Waals surface area contributed by atoms with E-state index < -0.39 is 11.9 Å². The van der Waals surface area contributed by atoms with Crippen LogP contribution in [0.3, 0.4) is 0 Å². The van der Waals surface area contributed by atoms with Gasteiger partial charge in [-0.2, -0.15) is 0 Å². The maximum atomic E-state index is 12.0. The van der Waals surface area contributed by atoms with Crippen LogP contribution >= 0.6 is 0 Å². The molecule has 0 aliphatic heterocycles. The summed E-state index contributed by atoms with van der Waals surface area (Å²) in [7, 11) is 6.09. The molecule has 0 amide bonds. The van der Waals surface area contributed by atoms with Crippen molar-refractivity contribution >= 4 is 11.9 Å². The Morgan fingerprint density at radius 1 is 1.09 bits per heavy atom. The summed E-state index contributed by atoms with van der Waals surface area (Å²) in [6, 6.07) is 1.65. The smallest absolute Gasteiger partial charge is 0.357 e. The quantitative estimate of drug-likeness (QED) is 0.454. The lowest BCUT2D eigenvalue weighted by molar-refractivity contribution is -0.884. The molecular weight excluding hydrogens is 352 g/mol. The number of carbonyl (C=O) groups excluding carboxylic acids is 2. The highest BCUT2D eigenvalue weighted by Gasteiger charge is 2.22. The van der Waals surface area contributed by atoms with Gasteiger partial charge in [0.15, 0.2) is 5.69 Å². The van der Waals surface area contributed by atoms with Crippen LogP contribution in [0.4, 0.5) is 0 Å². The maximum absolute atomic E-state index is 12.0. The largest absolute Gasteiger partial charge is 1.00 e. The van der Waals surface area contributed by atoms with E-state index in [4.69, 9.17) is 9.47 Å². The molecule has 0 fully saturated rings. The lowest BCUT2D eigenvalue weighted by Crippen LogP contribution is -3.00. The van der Waals surface area contributed by atoms with Gasteiger partial charge < -0.3 is 30.9 Å². The van der Waals surface area contributed by atoms with Gasteiger partial charge in [0, 0.05) is 11.8 Å². The van der Waals surface area contributed by atoms with Crippen LogP contribution in [0.15, 0.2) is 12.3 Å². The van der Waals surface area contributed by atoms with Gasteiger partial charge in [-0.05, 0) is 19.9 Å². The molecule has 6 nitrogen and oxygen atoms in total. The summed E-state index contributed by atoms with van der Waals surface area (Å²) in [5, 5.41) is 0. The fourth-order valence-electron chi connectivity index (χ4n) is 1.87. The van der Waals surface area contributed by atoms with E-state index in [1.54, 1.807) is 26.1 Å². The van der Waals surface area contributed by atoms with Crippen LogP contribution in [0.1, 0.15) is 40.3 Å². The predicted molar refractivity (Wildman–Crippen MR) is 77.9 cm³/mol. The number of nitrogens with zero attached hydrogens (tertiary/aromatic N) is 2. The fraction of sp³-hybridized carbons (Fsp3) is 0.533.